The zero-order chi connectivity index (χ0) is 16.4. The number of aromatic nitrogens is 2. The molecule has 2 heterocycles. The van der Waals surface area contributed by atoms with Crippen LogP contribution in [-0.2, 0) is 10.0 Å². The summed E-state index contributed by atoms with van der Waals surface area (Å²) in [4.78, 5) is 6.92. The second-order valence-electron chi connectivity index (χ2n) is 5.40. The molecule has 1 aliphatic heterocycles. The number of hydrogen-bond donors (Lipinski definition) is 1. The summed E-state index contributed by atoms with van der Waals surface area (Å²) in [6, 6.07) is 5.31. The Bertz CT molecular complexity index is 843. The Hall–Kier alpha value is -2.24. The quantitative estimate of drug-likeness (QED) is 0.929. The Kier molecular flexibility index (Phi) is 4.15. The standard InChI is InChI=1S/C15H15FN4O2S/c16-13-4-1-5-14(12(13)9-17)23(21,22)20-8-2-3-11(10-20)15-18-6-7-19-15/h1,4-7,11H,2-3,8,10H2,(H,18,19)/t11-/m1/s1. The third kappa shape index (κ3) is 2.85. The number of aromatic amines is 1. The number of nitriles is 1. The van der Waals surface area contributed by atoms with E-state index in [9.17, 15) is 12.8 Å². The molecule has 1 N–H and O–H groups in total. The number of nitrogens with one attached hydrogen (secondary N) is 1. The fourth-order valence-electron chi connectivity index (χ4n) is 2.85. The Morgan fingerprint density at radius 3 is 2.96 bits per heavy atom. The highest BCUT2D eigenvalue weighted by Crippen LogP contribution is 2.30. The monoisotopic (exact) mass is 334 g/mol. The van der Waals surface area contributed by atoms with Crippen molar-refractivity contribution in [3.05, 3.63) is 47.8 Å². The van der Waals surface area contributed by atoms with Gasteiger partial charge < -0.3 is 4.98 Å². The molecule has 0 aliphatic carbocycles. The van der Waals surface area contributed by atoms with Gasteiger partial charge in [-0.3, -0.25) is 0 Å². The normalized spacial score (nSPS) is 19.4. The van der Waals surface area contributed by atoms with Crippen LogP contribution in [0.3, 0.4) is 0 Å². The van der Waals surface area contributed by atoms with Gasteiger partial charge in [0.1, 0.15) is 28.2 Å². The van der Waals surface area contributed by atoms with E-state index in [1.807, 2.05) is 0 Å². The second-order valence-corrected chi connectivity index (χ2v) is 7.31. The van der Waals surface area contributed by atoms with Gasteiger partial charge in [-0.1, -0.05) is 6.07 Å². The summed E-state index contributed by atoms with van der Waals surface area (Å²) >= 11 is 0. The summed E-state index contributed by atoms with van der Waals surface area (Å²) in [7, 11) is -3.92. The van der Waals surface area contributed by atoms with Crippen LogP contribution >= 0.6 is 0 Å². The number of rotatable bonds is 3. The first kappa shape index (κ1) is 15.6. The van der Waals surface area contributed by atoms with Gasteiger partial charge in [-0.05, 0) is 25.0 Å². The molecule has 1 aromatic carbocycles. The van der Waals surface area contributed by atoms with Crippen LogP contribution in [0.25, 0.3) is 0 Å². The number of piperidine rings is 1. The maximum Gasteiger partial charge on any atom is 0.244 e. The van der Waals surface area contributed by atoms with E-state index in [4.69, 9.17) is 5.26 Å². The van der Waals surface area contributed by atoms with Crippen LogP contribution in [0.2, 0.25) is 0 Å². The van der Waals surface area contributed by atoms with Gasteiger partial charge in [0, 0.05) is 31.4 Å². The number of sulfonamides is 1. The highest BCUT2D eigenvalue weighted by Gasteiger charge is 2.33. The van der Waals surface area contributed by atoms with Gasteiger partial charge in [-0.2, -0.15) is 9.57 Å². The topological polar surface area (TPSA) is 89.8 Å². The maximum absolute atomic E-state index is 13.7. The van der Waals surface area contributed by atoms with Gasteiger partial charge in [-0.25, -0.2) is 17.8 Å². The van der Waals surface area contributed by atoms with Crippen LogP contribution < -0.4 is 0 Å². The van der Waals surface area contributed by atoms with E-state index in [0.717, 1.165) is 18.3 Å². The van der Waals surface area contributed by atoms with Crippen molar-refractivity contribution in [1.29, 1.82) is 5.26 Å². The van der Waals surface area contributed by atoms with Crippen LogP contribution in [-0.4, -0.2) is 35.8 Å². The van der Waals surface area contributed by atoms with Gasteiger partial charge in [0.25, 0.3) is 0 Å². The predicted octanol–water partition coefficient (Wildman–Crippen LogP) is 1.99. The smallest absolute Gasteiger partial charge is 0.244 e. The van der Waals surface area contributed by atoms with Crippen molar-refractivity contribution in [3.8, 4) is 6.07 Å². The van der Waals surface area contributed by atoms with Crippen molar-refractivity contribution in [2.24, 2.45) is 0 Å². The fraction of sp³-hybridized carbons (Fsp3) is 0.333. The molecule has 0 unspecified atom stereocenters. The highest BCUT2D eigenvalue weighted by atomic mass is 32.2. The van der Waals surface area contributed by atoms with E-state index >= 15 is 0 Å². The molecule has 1 aromatic heterocycles. The van der Waals surface area contributed by atoms with Gasteiger partial charge in [-0.15, -0.1) is 0 Å². The number of H-pyrrole nitrogens is 1. The lowest BCUT2D eigenvalue weighted by atomic mass is 9.99. The van der Waals surface area contributed by atoms with Crippen molar-refractivity contribution in [3.63, 3.8) is 0 Å². The molecule has 1 fully saturated rings. The predicted molar refractivity (Wildman–Crippen MR) is 80.4 cm³/mol. The molecule has 0 spiro atoms. The molecule has 8 heteroatoms. The average molecular weight is 334 g/mol. The van der Waals surface area contributed by atoms with Crippen LogP contribution in [0.4, 0.5) is 4.39 Å². The van der Waals surface area contributed by atoms with E-state index in [-0.39, 0.29) is 17.4 Å². The van der Waals surface area contributed by atoms with E-state index in [2.05, 4.69) is 9.97 Å². The number of imidazole rings is 1. The molecule has 1 saturated heterocycles. The average Bonchev–Trinajstić information content (AvgIpc) is 3.09. The minimum atomic E-state index is -3.92. The lowest BCUT2D eigenvalue weighted by Crippen LogP contribution is -2.39. The summed E-state index contributed by atoms with van der Waals surface area (Å²) < 4.78 is 40.7. The molecule has 2 aromatic rings. The molecule has 0 amide bonds. The molecule has 23 heavy (non-hydrogen) atoms. The largest absolute Gasteiger partial charge is 0.348 e. The van der Waals surface area contributed by atoms with E-state index in [1.54, 1.807) is 18.5 Å². The Balaban J connectivity index is 1.94. The summed E-state index contributed by atoms with van der Waals surface area (Å²) in [5.41, 5.74) is -0.437. The van der Waals surface area contributed by atoms with Crippen molar-refractivity contribution in [2.45, 2.75) is 23.7 Å². The molecular weight excluding hydrogens is 319 g/mol. The van der Waals surface area contributed by atoms with Crippen LogP contribution in [0.15, 0.2) is 35.5 Å². The molecule has 6 nitrogen and oxygen atoms in total. The number of halogens is 1. The first-order valence-electron chi connectivity index (χ1n) is 7.22. The Morgan fingerprint density at radius 1 is 1.43 bits per heavy atom. The molecule has 120 valence electrons. The lowest BCUT2D eigenvalue weighted by molar-refractivity contribution is 0.310. The summed E-state index contributed by atoms with van der Waals surface area (Å²) in [6.45, 7) is 0.609. The zero-order valence-corrected chi connectivity index (χ0v) is 13.1. The zero-order valence-electron chi connectivity index (χ0n) is 12.2. The molecule has 1 atom stereocenters. The van der Waals surface area contributed by atoms with Crippen molar-refractivity contribution in [2.75, 3.05) is 13.1 Å². The van der Waals surface area contributed by atoms with E-state index in [0.29, 0.717) is 13.0 Å². The second kappa shape index (κ2) is 6.10. The van der Waals surface area contributed by atoms with E-state index < -0.39 is 21.4 Å². The van der Waals surface area contributed by atoms with Crippen molar-refractivity contribution in [1.82, 2.24) is 14.3 Å². The lowest BCUT2D eigenvalue weighted by Gasteiger charge is -2.31. The molecule has 0 bridgehead atoms. The van der Waals surface area contributed by atoms with Crippen LogP contribution in [0.1, 0.15) is 30.1 Å². The molecule has 3 rings (SSSR count). The minimum absolute atomic E-state index is 0.0346. The van der Waals surface area contributed by atoms with Gasteiger partial charge >= 0.3 is 0 Å². The van der Waals surface area contributed by atoms with Crippen LogP contribution in [0, 0.1) is 17.1 Å². The number of nitrogens with zero attached hydrogens (tertiary/aromatic N) is 3. The molecule has 0 radical (unpaired) electrons. The van der Waals surface area contributed by atoms with E-state index in [1.165, 1.54) is 16.4 Å². The number of hydrogen-bond acceptors (Lipinski definition) is 4. The fourth-order valence-corrected chi connectivity index (χ4v) is 4.53. The van der Waals surface area contributed by atoms with Gasteiger partial charge in [0.05, 0.1) is 0 Å². The Morgan fingerprint density at radius 2 is 2.26 bits per heavy atom. The van der Waals surface area contributed by atoms with Gasteiger partial charge in [0.2, 0.25) is 10.0 Å². The first-order valence-corrected chi connectivity index (χ1v) is 8.66. The SMILES string of the molecule is N#Cc1c(F)cccc1S(=O)(=O)N1CCC[C@@H](c2ncc[nH]2)C1. The Labute approximate surface area is 133 Å². The van der Waals surface area contributed by atoms with Crippen molar-refractivity contribution < 1.29 is 12.8 Å². The maximum atomic E-state index is 13.7. The number of benzene rings is 1. The summed E-state index contributed by atoms with van der Waals surface area (Å²) in [5, 5.41) is 9.08. The summed E-state index contributed by atoms with van der Waals surface area (Å²) in [6.07, 6.45) is 4.84. The molecule has 1 aliphatic rings. The third-order valence-corrected chi connectivity index (χ3v) is 5.90. The van der Waals surface area contributed by atoms with Crippen molar-refractivity contribution >= 4 is 10.0 Å². The highest BCUT2D eigenvalue weighted by molar-refractivity contribution is 7.89. The third-order valence-electron chi connectivity index (χ3n) is 4.00. The molecular formula is C15H15FN4O2S. The van der Waals surface area contributed by atoms with Gasteiger partial charge in [0.15, 0.2) is 0 Å². The first-order chi connectivity index (χ1) is 11.0. The van der Waals surface area contributed by atoms with Crippen LogP contribution in [0.5, 0.6) is 0 Å². The molecule has 0 saturated carbocycles. The minimum Gasteiger partial charge on any atom is -0.348 e. The summed E-state index contributed by atoms with van der Waals surface area (Å²) in [5.74, 6) is -0.120.